The summed E-state index contributed by atoms with van der Waals surface area (Å²) in [6, 6.07) is 0. The molecule has 0 heterocycles. The molecule has 0 saturated heterocycles. The van der Waals surface area contributed by atoms with Gasteiger partial charge in [-0.25, -0.2) is 4.79 Å². The van der Waals surface area contributed by atoms with Crippen LogP contribution in [0.1, 0.15) is 47.0 Å². The number of carbonyl (C=O) groups excluding carboxylic acids is 2. The monoisotopic (exact) mass is 241 g/mol. The van der Waals surface area contributed by atoms with Gasteiger partial charge in [0.05, 0.1) is 7.11 Å². The molecular formula is C13H23NO3. The van der Waals surface area contributed by atoms with E-state index in [1.165, 1.54) is 7.11 Å². The third kappa shape index (κ3) is 4.59. The molecule has 1 amide bonds. The van der Waals surface area contributed by atoms with E-state index >= 15 is 0 Å². The van der Waals surface area contributed by atoms with E-state index in [0.29, 0.717) is 12.0 Å². The second-order valence-electron chi connectivity index (χ2n) is 4.32. The van der Waals surface area contributed by atoms with E-state index in [0.717, 1.165) is 12.8 Å². The highest BCUT2D eigenvalue weighted by atomic mass is 16.5. The number of ether oxygens (including phenoxy) is 1. The standard InChI is InChI=1S/C13H23NO3/c1-6-8-10(3)11(15)14-13(4,9-7-2)12(16)17-5/h8H,6-7,9H2,1-5H3,(H,14,15)/b10-8+. The van der Waals surface area contributed by atoms with Crippen LogP contribution in [-0.4, -0.2) is 24.5 Å². The van der Waals surface area contributed by atoms with Crippen molar-refractivity contribution >= 4 is 11.9 Å². The van der Waals surface area contributed by atoms with E-state index in [2.05, 4.69) is 5.32 Å². The van der Waals surface area contributed by atoms with Crippen LogP contribution in [0.15, 0.2) is 11.6 Å². The predicted octanol–water partition coefficient (Wildman–Crippen LogP) is 2.19. The molecule has 0 saturated carbocycles. The van der Waals surface area contributed by atoms with Gasteiger partial charge in [-0.2, -0.15) is 0 Å². The Kier molecular flexibility index (Phi) is 6.54. The van der Waals surface area contributed by atoms with Crippen molar-refractivity contribution in [2.45, 2.75) is 52.5 Å². The molecule has 4 heteroatoms. The minimum atomic E-state index is -0.941. The number of carbonyl (C=O) groups is 2. The van der Waals surface area contributed by atoms with Gasteiger partial charge < -0.3 is 10.1 Å². The van der Waals surface area contributed by atoms with Crippen LogP contribution in [0.4, 0.5) is 0 Å². The van der Waals surface area contributed by atoms with Crippen molar-refractivity contribution in [1.29, 1.82) is 0 Å². The number of nitrogens with one attached hydrogen (secondary N) is 1. The number of methoxy groups -OCH3 is 1. The Hall–Kier alpha value is -1.32. The molecule has 1 N–H and O–H groups in total. The maximum atomic E-state index is 11.9. The van der Waals surface area contributed by atoms with Crippen molar-refractivity contribution in [2.75, 3.05) is 7.11 Å². The van der Waals surface area contributed by atoms with Gasteiger partial charge in [0.15, 0.2) is 0 Å². The van der Waals surface area contributed by atoms with Crippen LogP contribution in [0.2, 0.25) is 0 Å². The topological polar surface area (TPSA) is 55.4 Å². The zero-order valence-corrected chi connectivity index (χ0v) is 11.4. The van der Waals surface area contributed by atoms with Crippen LogP contribution in [0.3, 0.4) is 0 Å². The highest BCUT2D eigenvalue weighted by Gasteiger charge is 2.35. The zero-order valence-electron chi connectivity index (χ0n) is 11.4. The number of hydrogen-bond acceptors (Lipinski definition) is 3. The van der Waals surface area contributed by atoms with E-state index in [1.807, 2.05) is 19.9 Å². The normalized spacial score (nSPS) is 15.0. The first-order chi connectivity index (χ1) is 7.91. The van der Waals surface area contributed by atoms with Gasteiger partial charge in [-0.15, -0.1) is 0 Å². The van der Waals surface area contributed by atoms with Crippen molar-refractivity contribution in [3.63, 3.8) is 0 Å². The van der Waals surface area contributed by atoms with Crippen molar-refractivity contribution in [1.82, 2.24) is 5.32 Å². The second kappa shape index (κ2) is 7.09. The second-order valence-corrected chi connectivity index (χ2v) is 4.32. The van der Waals surface area contributed by atoms with Gasteiger partial charge in [-0.3, -0.25) is 4.79 Å². The summed E-state index contributed by atoms with van der Waals surface area (Å²) in [7, 11) is 1.33. The van der Waals surface area contributed by atoms with Gasteiger partial charge in [0.25, 0.3) is 0 Å². The highest BCUT2D eigenvalue weighted by Crippen LogP contribution is 2.15. The zero-order chi connectivity index (χ0) is 13.5. The third-order valence-corrected chi connectivity index (χ3v) is 2.64. The van der Waals surface area contributed by atoms with Crippen LogP contribution in [-0.2, 0) is 14.3 Å². The molecule has 0 aromatic heterocycles. The number of esters is 1. The molecule has 0 aliphatic rings. The van der Waals surface area contributed by atoms with E-state index in [-0.39, 0.29) is 5.91 Å². The summed E-state index contributed by atoms with van der Waals surface area (Å²) >= 11 is 0. The van der Waals surface area contributed by atoms with Crippen LogP contribution < -0.4 is 5.32 Å². The van der Waals surface area contributed by atoms with Gasteiger partial charge in [-0.05, 0) is 26.7 Å². The Labute approximate surface area is 103 Å². The summed E-state index contributed by atoms with van der Waals surface area (Å²) in [5.74, 6) is -0.620. The van der Waals surface area contributed by atoms with Gasteiger partial charge in [0.2, 0.25) is 5.91 Å². The molecular weight excluding hydrogens is 218 g/mol. The van der Waals surface area contributed by atoms with E-state index in [9.17, 15) is 9.59 Å². The van der Waals surface area contributed by atoms with Gasteiger partial charge in [0.1, 0.15) is 5.54 Å². The summed E-state index contributed by atoms with van der Waals surface area (Å²) in [5, 5.41) is 2.75. The molecule has 0 rings (SSSR count). The SMILES string of the molecule is CC/C=C(\C)C(=O)NC(C)(CCC)C(=O)OC. The predicted molar refractivity (Wildman–Crippen MR) is 67.5 cm³/mol. The summed E-state index contributed by atoms with van der Waals surface area (Å²) in [4.78, 5) is 23.5. The first-order valence-corrected chi connectivity index (χ1v) is 5.99. The Morgan fingerprint density at radius 1 is 1.35 bits per heavy atom. The molecule has 0 aliphatic carbocycles. The molecule has 0 spiro atoms. The summed E-state index contributed by atoms with van der Waals surface area (Å²) in [6.07, 6.45) is 3.98. The fourth-order valence-corrected chi connectivity index (χ4v) is 1.69. The first-order valence-electron chi connectivity index (χ1n) is 5.99. The fraction of sp³-hybridized carbons (Fsp3) is 0.692. The van der Waals surface area contributed by atoms with Gasteiger partial charge >= 0.3 is 5.97 Å². The quantitative estimate of drug-likeness (QED) is 0.573. The molecule has 0 aromatic rings. The van der Waals surface area contributed by atoms with Crippen LogP contribution in [0, 0.1) is 0 Å². The van der Waals surface area contributed by atoms with Gasteiger partial charge in [-0.1, -0.05) is 26.3 Å². The van der Waals surface area contributed by atoms with Crippen molar-refractivity contribution in [2.24, 2.45) is 0 Å². The Morgan fingerprint density at radius 2 is 1.94 bits per heavy atom. The van der Waals surface area contributed by atoms with Crippen molar-refractivity contribution < 1.29 is 14.3 Å². The number of allylic oxidation sites excluding steroid dienone is 1. The summed E-state index contributed by atoms with van der Waals surface area (Å²) in [6.45, 7) is 7.35. The lowest BCUT2D eigenvalue weighted by atomic mass is 9.95. The third-order valence-electron chi connectivity index (χ3n) is 2.64. The molecule has 0 aliphatic heterocycles. The number of amides is 1. The smallest absolute Gasteiger partial charge is 0.331 e. The van der Waals surface area contributed by atoms with Crippen molar-refractivity contribution in [3.05, 3.63) is 11.6 Å². The molecule has 98 valence electrons. The maximum absolute atomic E-state index is 11.9. The molecule has 1 unspecified atom stereocenters. The average Bonchev–Trinajstić information content (AvgIpc) is 2.28. The van der Waals surface area contributed by atoms with Gasteiger partial charge in [0, 0.05) is 5.57 Å². The fourth-order valence-electron chi connectivity index (χ4n) is 1.69. The molecule has 4 nitrogen and oxygen atoms in total. The minimum Gasteiger partial charge on any atom is -0.467 e. The molecule has 0 aromatic carbocycles. The largest absolute Gasteiger partial charge is 0.467 e. The number of rotatable bonds is 6. The Bertz CT molecular complexity index is 310. The lowest BCUT2D eigenvalue weighted by molar-refractivity contribution is -0.150. The molecule has 17 heavy (non-hydrogen) atoms. The van der Waals surface area contributed by atoms with E-state index in [4.69, 9.17) is 4.74 Å². The van der Waals surface area contributed by atoms with Crippen molar-refractivity contribution in [3.8, 4) is 0 Å². The Morgan fingerprint density at radius 3 is 2.35 bits per heavy atom. The Balaban J connectivity index is 4.82. The van der Waals surface area contributed by atoms with Crippen LogP contribution in [0.25, 0.3) is 0 Å². The van der Waals surface area contributed by atoms with Crippen LogP contribution >= 0.6 is 0 Å². The van der Waals surface area contributed by atoms with E-state index < -0.39 is 11.5 Å². The maximum Gasteiger partial charge on any atom is 0.331 e. The average molecular weight is 241 g/mol. The lowest BCUT2D eigenvalue weighted by Gasteiger charge is -2.27. The minimum absolute atomic E-state index is 0.215. The summed E-state index contributed by atoms with van der Waals surface area (Å²) in [5.41, 5.74) is -0.317. The molecule has 1 atom stereocenters. The molecule has 0 bridgehead atoms. The number of hydrogen-bond donors (Lipinski definition) is 1. The first kappa shape index (κ1) is 15.7. The molecule has 0 radical (unpaired) electrons. The van der Waals surface area contributed by atoms with E-state index in [1.54, 1.807) is 13.8 Å². The highest BCUT2D eigenvalue weighted by molar-refractivity contribution is 5.96. The molecule has 0 fully saturated rings. The van der Waals surface area contributed by atoms with Crippen LogP contribution in [0.5, 0.6) is 0 Å². The lowest BCUT2D eigenvalue weighted by Crippen LogP contribution is -2.52. The summed E-state index contributed by atoms with van der Waals surface area (Å²) < 4.78 is 4.74.